The number of rotatable bonds is 13. The van der Waals surface area contributed by atoms with Gasteiger partial charge in [0.25, 0.3) is 0 Å². The second kappa shape index (κ2) is 10.9. The van der Waals surface area contributed by atoms with E-state index in [1.54, 1.807) is 0 Å². The van der Waals surface area contributed by atoms with Gasteiger partial charge in [-0.05, 0) is 88.0 Å². The Bertz CT molecular complexity index is 369. The van der Waals surface area contributed by atoms with Gasteiger partial charge in [-0.15, -0.1) is 0 Å². The van der Waals surface area contributed by atoms with Crippen molar-refractivity contribution in [3.8, 4) is 0 Å². The minimum atomic E-state index is -0.534. The lowest BCUT2D eigenvalue weighted by atomic mass is 10.0. The SMILES string of the molecule is CCC(C)(COOCCCCC(C)(C)OOC(C)(C)C)OOC(C)(C)C. The highest BCUT2D eigenvalue weighted by Gasteiger charge is 2.28. The molecule has 0 radical (unpaired) electrons. The quantitative estimate of drug-likeness (QED) is 0.238. The Morgan fingerprint density at radius 3 is 1.65 bits per heavy atom. The molecule has 0 N–H and O–H groups in total. The smallest absolute Gasteiger partial charge is 0.127 e. The number of hydrogen-bond donors (Lipinski definition) is 0. The molecular weight excluding hydrogens is 336 g/mol. The van der Waals surface area contributed by atoms with Crippen LogP contribution in [0.1, 0.15) is 94.9 Å². The van der Waals surface area contributed by atoms with Crippen LogP contribution in [-0.4, -0.2) is 35.6 Å². The first-order valence-electron chi connectivity index (χ1n) is 9.66. The van der Waals surface area contributed by atoms with Gasteiger partial charge in [-0.3, -0.25) is 0 Å². The summed E-state index contributed by atoms with van der Waals surface area (Å²) in [5.41, 5.74) is -1.53. The van der Waals surface area contributed by atoms with Gasteiger partial charge in [0.1, 0.15) is 12.2 Å². The molecule has 0 aliphatic carbocycles. The van der Waals surface area contributed by atoms with Crippen molar-refractivity contribution < 1.29 is 29.3 Å². The average molecular weight is 379 g/mol. The van der Waals surface area contributed by atoms with E-state index in [4.69, 9.17) is 29.3 Å². The molecule has 0 bridgehead atoms. The van der Waals surface area contributed by atoms with Crippen LogP contribution < -0.4 is 0 Å². The highest BCUT2D eigenvalue weighted by molar-refractivity contribution is 4.71. The maximum Gasteiger partial charge on any atom is 0.127 e. The molecule has 0 aromatic heterocycles. The Morgan fingerprint density at radius 2 is 1.15 bits per heavy atom. The van der Waals surface area contributed by atoms with Crippen molar-refractivity contribution in [2.45, 2.75) is 117 Å². The van der Waals surface area contributed by atoms with Crippen molar-refractivity contribution >= 4 is 0 Å². The first-order chi connectivity index (χ1) is 11.7. The van der Waals surface area contributed by atoms with Gasteiger partial charge >= 0.3 is 0 Å². The zero-order chi connectivity index (χ0) is 20.5. The van der Waals surface area contributed by atoms with Crippen LogP contribution in [0.5, 0.6) is 0 Å². The van der Waals surface area contributed by atoms with Gasteiger partial charge in [-0.1, -0.05) is 6.92 Å². The van der Waals surface area contributed by atoms with Gasteiger partial charge in [0.15, 0.2) is 0 Å². The summed E-state index contributed by atoms with van der Waals surface area (Å²) in [5, 5.41) is 0. The van der Waals surface area contributed by atoms with Crippen LogP contribution in [0.3, 0.4) is 0 Å². The van der Waals surface area contributed by atoms with Crippen LogP contribution >= 0.6 is 0 Å². The third kappa shape index (κ3) is 14.9. The van der Waals surface area contributed by atoms with Crippen molar-refractivity contribution in [3.63, 3.8) is 0 Å². The molecular formula is C20H42O6. The molecule has 0 aliphatic rings. The fraction of sp³-hybridized carbons (Fsp3) is 1.00. The molecule has 0 aliphatic heterocycles. The zero-order valence-electron chi connectivity index (χ0n) is 18.7. The van der Waals surface area contributed by atoms with Crippen molar-refractivity contribution in [3.05, 3.63) is 0 Å². The molecule has 0 saturated heterocycles. The molecule has 0 fully saturated rings. The maximum atomic E-state index is 5.53. The Balaban J connectivity index is 3.88. The first kappa shape index (κ1) is 25.8. The van der Waals surface area contributed by atoms with E-state index in [1.165, 1.54) is 0 Å². The molecule has 158 valence electrons. The van der Waals surface area contributed by atoms with Gasteiger partial charge in [-0.2, -0.15) is 0 Å². The Labute approximate surface area is 160 Å². The minimum absolute atomic E-state index is 0.307. The maximum absolute atomic E-state index is 5.53. The molecule has 0 amide bonds. The molecule has 0 spiro atoms. The largest absolute Gasteiger partial charge is 0.237 e. The minimum Gasteiger partial charge on any atom is -0.237 e. The van der Waals surface area contributed by atoms with Crippen LogP contribution in [0.2, 0.25) is 0 Å². The van der Waals surface area contributed by atoms with Gasteiger partial charge < -0.3 is 0 Å². The van der Waals surface area contributed by atoms with E-state index < -0.39 is 5.60 Å². The van der Waals surface area contributed by atoms with E-state index in [1.807, 2.05) is 69.2 Å². The van der Waals surface area contributed by atoms with Crippen LogP contribution in [-0.2, 0) is 29.3 Å². The lowest BCUT2D eigenvalue weighted by molar-refractivity contribution is -0.425. The summed E-state index contributed by atoms with van der Waals surface area (Å²) in [6.45, 7) is 20.6. The van der Waals surface area contributed by atoms with E-state index in [-0.39, 0.29) is 16.8 Å². The summed E-state index contributed by atoms with van der Waals surface area (Å²) in [6.07, 6.45) is 3.47. The van der Waals surface area contributed by atoms with Crippen molar-refractivity contribution in [2.24, 2.45) is 0 Å². The van der Waals surface area contributed by atoms with E-state index in [2.05, 4.69) is 0 Å². The predicted octanol–water partition coefficient (Wildman–Crippen LogP) is 5.55. The molecule has 1 atom stereocenters. The topological polar surface area (TPSA) is 55.4 Å². The molecule has 1 unspecified atom stereocenters. The van der Waals surface area contributed by atoms with Gasteiger partial charge in [0, 0.05) is 0 Å². The molecule has 0 saturated carbocycles. The second-order valence-electron chi connectivity index (χ2n) is 9.66. The summed E-state index contributed by atoms with van der Waals surface area (Å²) >= 11 is 0. The summed E-state index contributed by atoms with van der Waals surface area (Å²) in [5.74, 6) is 0. The lowest BCUT2D eigenvalue weighted by Crippen LogP contribution is -2.37. The van der Waals surface area contributed by atoms with E-state index >= 15 is 0 Å². The molecule has 6 heteroatoms. The van der Waals surface area contributed by atoms with Crippen molar-refractivity contribution in [1.29, 1.82) is 0 Å². The Hall–Kier alpha value is -0.240. The van der Waals surface area contributed by atoms with Crippen LogP contribution in [0.15, 0.2) is 0 Å². The predicted molar refractivity (Wildman–Crippen MR) is 102 cm³/mol. The monoisotopic (exact) mass is 378 g/mol. The summed E-state index contributed by atoms with van der Waals surface area (Å²) in [7, 11) is 0. The van der Waals surface area contributed by atoms with Crippen molar-refractivity contribution in [1.82, 2.24) is 0 Å². The first-order valence-corrected chi connectivity index (χ1v) is 9.66. The Kier molecular flexibility index (Phi) is 10.8. The van der Waals surface area contributed by atoms with E-state index in [9.17, 15) is 0 Å². The normalized spacial score (nSPS) is 15.9. The molecule has 0 heterocycles. The molecule has 26 heavy (non-hydrogen) atoms. The fourth-order valence-corrected chi connectivity index (χ4v) is 1.63. The molecule has 0 rings (SSSR count). The third-order valence-electron chi connectivity index (χ3n) is 3.46. The van der Waals surface area contributed by atoms with Crippen LogP contribution in [0.4, 0.5) is 0 Å². The molecule has 0 aromatic rings. The highest BCUT2D eigenvalue weighted by atomic mass is 17.2. The van der Waals surface area contributed by atoms with Gasteiger partial charge in [0.05, 0.1) is 23.4 Å². The second-order valence-corrected chi connectivity index (χ2v) is 9.66. The summed E-state index contributed by atoms with van der Waals surface area (Å²) < 4.78 is 0. The van der Waals surface area contributed by atoms with Crippen LogP contribution in [0, 0.1) is 0 Å². The van der Waals surface area contributed by atoms with E-state index in [0.717, 1.165) is 25.7 Å². The molecule has 6 nitrogen and oxygen atoms in total. The van der Waals surface area contributed by atoms with Gasteiger partial charge in [-0.25, -0.2) is 29.3 Å². The summed E-state index contributed by atoms with van der Waals surface area (Å²) in [4.78, 5) is 32.5. The Morgan fingerprint density at radius 1 is 0.615 bits per heavy atom. The fourth-order valence-electron chi connectivity index (χ4n) is 1.63. The molecule has 0 aromatic carbocycles. The average Bonchev–Trinajstić information content (AvgIpc) is 2.49. The highest BCUT2D eigenvalue weighted by Crippen LogP contribution is 2.22. The van der Waals surface area contributed by atoms with E-state index in [0.29, 0.717) is 13.2 Å². The van der Waals surface area contributed by atoms with Gasteiger partial charge in [0.2, 0.25) is 0 Å². The van der Waals surface area contributed by atoms with Crippen LogP contribution in [0.25, 0.3) is 0 Å². The van der Waals surface area contributed by atoms with Crippen molar-refractivity contribution in [2.75, 3.05) is 13.2 Å². The zero-order valence-corrected chi connectivity index (χ0v) is 18.7. The number of unbranched alkanes of at least 4 members (excludes halogenated alkanes) is 1. The lowest BCUT2D eigenvalue weighted by Gasteiger charge is -2.30. The summed E-state index contributed by atoms with van der Waals surface area (Å²) in [6, 6.07) is 0. The third-order valence-corrected chi connectivity index (χ3v) is 3.46. The standard InChI is InChI=1S/C20H42O6/c1-11-20(10,26-24-18(5,6)7)16-22-21-15-13-12-14-19(8,9)25-23-17(2,3)4/h11-16H2,1-10H3. The number of hydrogen-bond acceptors (Lipinski definition) is 6.